The highest BCUT2D eigenvalue weighted by atomic mass is 16.5. The van der Waals surface area contributed by atoms with E-state index < -0.39 is 0 Å². The Morgan fingerprint density at radius 3 is 3.06 bits per heavy atom. The van der Waals surface area contributed by atoms with Crippen molar-refractivity contribution in [1.82, 2.24) is 15.1 Å². The van der Waals surface area contributed by atoms with Gasteiger partial charge in [0.15, 0.2) is 5.82 Å². The van der Waals surface area contributed by atoms with Gasteiger partial charge in [0, 0.05) is 19.9 Å². The number of anilines is 2. The highest BCUT2D eigenvalue weighted by molar-refractivity contribution is 5.57. The van der Waals surface area contributed by atoms with Gasteiger partial charge in [-0.1, -0.05) is 5.16 Å². The number of nitriles is 1. The number of nitrogens with two attached hydrogens (primary N) is 1. The molecule has 0 saturated heterocycles. The molecule has 2 aromatic rings. The molecule has 2 rings (SSSR count). The summed E-state index contributed by atoms with van der Waals surface area (Å²) in [5.41, 5.74) is 6.43. The molecule has 7 heteroatoms. The van der Waals surface area contributed by atoms with Crippen LogP contribution in [0.1, 0.15) is 17.3 Å². The van der Waals surface area contributed by atoms with E-state index in [2.05, 4.69) is 20.4 Å². The fourth-order valence-corrected chi connectivity index (χ4v) is 1.44. The van der Waals surface area contributed by atoms with Crippen LogP contribution in [0.3, 0.4) is 0 Å². The van der Waals surface area contributed by atoms with Gasteiger partial charge in [-0.15, -0.1) is 0 Å². The number of aryl methyl sites for hydroxylation is 1. The third kappa shape index (κ3) is 2.74. The molecule has 0 amide bonds. The Morgan fingerprint density at radius 1 is 1.56 bits per heavy atom. The summed E-state index contributed by atoms with van der Waals surface area (Å²) in [6.07, 6.45) is 2.09. The van der Waals surface area contributed by atoms with Crippen LogP contribution in [0.25, 0.3) is 0 Å². The minimum atomic E-state index is 0.416. The number of nitrogens with one attached hydrogen (secondary N) is 1. The summed E-state index contributed by atoms with van der Waals surface area (Å²) in [7, 11) is 0. The first-order valence-electron chi connectivity index (χ1n) is 5.37. The van der Waals surface area contributed by atoms with Crippen molar-refractivity contribution in [3.63, 3.8) is 0 Å². The van der Waals surface area contributed by atoms with Gasteiger partial charge in [0.25, 0.3) is 0 Å². The minimum Gasteiger partial charge on any atom is -0.397 e. The van der Waals surface area contributed by atoms with Gasteiger partial charge < -0.3 is 15.6 Å². The third-order valence-corrected chi connectivity index (χ3v) is 2.24. The fraction of sp³-hybridized carbons (Fsp3) is 0.273. The van der Waals surface area contributed by atoms with E-state index in [4.69, 9.17) is 15.5 Å². The lowest BCUT2D eigenvalue weighted by Gasteiger charge is -2.05. The van der Waals surface area contributed by atoms with Gasteiger partial charge in [-0.3, -0.25) is 0 Å². The molecule has 0 atom stereocenters. The van der Waals surface area contributed by atoms with Crippen LogP contribution in [-0.2, 0) is 6.42 Å². The number of rotatable bonds is 4. The summed E-state index contributed by atoms with van der Waals surface area (Å²) in [6, 6.07) is 3.61. The van der Waals surface area contributed by atoms with Crippen molar-refractivity contribution >= 4 is 11.5 Å². The Bertz CT molecular complexity index is 585. The molecule has 0 saturated carbocycles. The summed E-state index contributed by atoms with van der Waals surface area (Å²) in [5, 5.41) is 15.7. The summed E-state index contributed by atoms with van der Waals surface area (Å²) in [5.74, 6) is 1.66. The van der Waals surface area contributed by atoms with E-state index in [0.29, 0.717) is 41.7 Å². The van der Waals surface area contributed by atoms with E-state index in [0.717, 1.165) is 0 Å². The number of hydrogen-bond donors (Lipinski definition) is 2. The summed E-state index contributed by atoms with van der Waals surface area (Å²) >= 11 is 0. The Morgan fingerprint density at radius 2 is 2.39 bits per heavy atom. The number of nitrogen functional groups attached to an aromatic ring is 1. The normalized spacial score (nSPS) is 10.0. The standard InChI is InChI=1S/C11H12N6O/c1-7-16-10(17-18-7)2-3-14-11-8(5-12)4-9(13)6-15-11/h4,6H,2-3,13H2,1H3,(H,14,15). The molecule has 18 heavy (non-hydrogen) atoms. The Labute approximate surface area is 104 Å². The topological polar surface area (TPSA) is 114 Å². The van der Waals surface area contributed by atoms with E-state index in [1.807, 2.05) is 6.07 Å². The quantitative estimate of drug-likeness (QED) is 0.820. The lowest BCUT2D eigenvalue weighted by Crippen LogP contribution is -2.09. The highest BCUT2D eigenvalue weighted by Gasteiger charge is 2.05. The summed E-state index contributed by atoms with van der Waals surface area (Å²) < 4.78 is 4.85. The van der Waals surface area contributed by atoms with Crippen LogP contribution in [-0.4, -0.2) is 21.7 Å². The molecule has 0 radical (unpaired) electrons. The maximum atomic E-state index is 8.94. The van der Waals surface area contributed by atoms with Crippen molar-refractivity contribution in [2.45, 2.75) is 13.3 Å². The maximum absolute atomic E-state index is 8.94. The van der Waals surface area contributed by atoms with Gasteiger partial charge in [-0.05, 0) is 6.07 Å². The van der Waals surface area contributed by atoms with E-state index in [9.17, 15) is 0 Å². The predicted molar refractivity (Wildman–Crippen MR) is 64.6 cm³/mol. The predicted octanol–water partition coefficient (Wildman–Crippen LogP) is 0.882. The molecule has 2 aromatic heterocycles. The average molecular weight is 244 g/mol. The zero-order valence-corrected chi connectivity index (χ0v) is 9.84. The maximum Gasteiger partial charge on any atom is 0.223 e. The van der Waals surface area contributed by atoms with Crippen LogP contribution >= 0.6 is 0 Å². The SMILES string of the molecule is Cc1nc(CCNc2ncc(N)cc2C#N)no1. The number of pyridine rings is 1. The van der Waals surface area contributed by atoms with E-state index in [-0.39, 0.29) is 0 Å². The molecule has 0 aliphatic rings. The van der Waals surface area contributed by atoms with Gasteiger partial charge in [0.1, 0.15) is 11.9 Å². The molecule has 0 aliphatic heterocycles. The van der Waals surface area contributed by atoms with Crippen molar-refractivity contribution in [2.75, 3.05) is 17.6 Å². The van der Waals surface area contributed by atoms with Crippen LogP contribution in [0.4, 0.5) is 11.5 Å². The molecule has 0 fully saturated rings. The van der Waals surface area contributed by atoms with Crippen LogP contribution in [0.15, 0.2) is 16.8 Å². The third-order valence-electron chi connectivity index (χ3n) is 2.24. The lowest BCUT2D eigenvalue weighted by atomic mass is 10.2. The van der Waals surface area contributed by atoms with Gasteiger partial charge in [-0.2, -0.15) is 10.2 Å². The van der Waals surface area contributed by atoms with Gasteiger partial charge in [0.2, 0.25) is 5.89 Å². The van der Waals surface area contributed by atoms with Crippen molar-refractivity contribution in [1.29, 1.82) is 5.26 Å². The van der Waals surface area contributed by atoms with Crippen LogP contribution in [0, 0.1) is 18.3 Å². The average Bonchev–Trinajstić information content (AvgIpc) is 2.77. The molecule has 0 spiro atoms. The second-order valence-corrected chi connectivity index (χ2v) is 3.68. The summed E-state index contributed by atoms with van der Waals surface area (Å²) in [6.45, 7) is 2.30. The molecule has 0 unspecified atom stereocenters. The summed E-state index contributed by atoms with van der Waals surface area (Å²) in [4.78, 5) is 8.14. The fourth-order valence-electron chi connectivity index (χ4n) is 1.44. The number of nitrogens with zero attached hydrogens (tertiary/aromatic N) is 4. The minimum absolute atomic E-state index is 0.416. The second-order valence-electron chi connectivity index (χ2n) is 3.68. The van der Waals surface area contributed by atoms with Crippen molar-refractivity contribution in [3.8, 4) is 6.07 Å². The zero-order chi connectivity index (χ0) is 13.0. The molecule has 3 N–H and O–H groups in total. The second kappa shape index (κ2) is 5.14. The van der Waals surface area contributed by atoms with E-state index in [1.54, 1.807) is 13.0 Å². The molecule has 0 aliphatic carbocycles. The first-order chi connectivity index (χ1) is 8.69. The molecule has 0 aromatic carbocycles. The van der Waals surface area contributed by atoms with Gasteiger partial charge in [-0.25, -0.2) is 4.98 Å². The molecule has 0 bridgehead atoms. The van der Waals surface area contributed by atoms with Gasteiger partial charge in [0.05, 0.1) is 17.4 Å². The number of aromatic nitrogens is 3. The van der Waals surface area contributed by atoms with Crippen LogP contribution < -0.4 is 11.1 Å². The lowest BCUT2D eigenvalue weighted by molar-refractivity contribution is 0.387. The monoisotopic (exact) mass is 244 g/mol. The van der Waals surface area contributed by atoms with Crippen molar-refractivity contribution < 1.29 is 4.52 Å². The number of hydrogen-bond acceptors (Lipinski definition) is 7. The first-order valence-corrected chi connectivity index (χ1v) is 5.37. The smallest absolute Gasteiger partial charge is 0.223 e. The molecule has 92 valence electrons. The first kappa shape index (κ1) is 11.9. The van der Waals surface area contributed by atoms with E-state index in [1.165, 1.54) is 6.20 Å². The van der Waals surface area contributed by atoms with E-state index >= 15 is 0 Å². The Kier molecular flexibility index (Phi) is 3.38. The molecular weight excluding hydrogens is 232 g/mol. The highest BCUT2D eigenvalue weighted by Crippen LogP contribution is 2.13. The zero-order valence-electron chi connectivity index (χ0n) is 9.84. The molecule has 7 nitrogen and oxygen atoms in total. The van der Waals surface area contributed by atoms with Crippen molar-refractivity contribution in [2.24, 2.45) is 0 Å². The van der Waals surface area contributed by atoms with Gasteiger partial charge >= 0.3 is 0 Å². The molecular formula is C11H12N6O. The van der Waals surface area contributed by atoms with Crippen LogP contribution in [0.5, 0.6) is 0 Å². The largest absolute Gasteiger partial charge is 0.397 e. The molecule has 2 heterocycles. The van der Waals surface area contributed by atoms with Crippen molar-refractivity contribution in [3.05, 3.63) is 29.5 Å². The van der Waals surface area contributed by atoms with Crippen LogP contribution in [0.2, 0.25) is 0 Å². The Balaban J connectivity index is 1.96. The Hall–Kier alpha value is -2.62.